The van der Waals surface area contributed by atoms with Crippen LogP contribution in [0.5, 0.6) is 5.75 Å². The summed E-state index contributed by atoms with van der Waals surface area (Å²) in [5.74, 6) is 0.429. The minimum absolute atomic E-state index is 0.0292. The Morgan fingerprint density at radius 2 is 2.12 bits per heavy atom. The second-order valence-electron chi connectivity index (χ2n) is 3.02. The molecule has 17 heavy (non-hydrogen) atoms. The fraction of sp³-hybridized carbons (Fsp3) is 0.300. The zero-order chi connectivity index (χ0) is 12.7. The van der Waals surface area contributed by atoms with Gasteiger partial charge in [0.05, 0.1) is 11.6 Å². The highest BCUT2D eigenvalue weighted by atomic mass is 35.5. The SMILES string of the molecule is O=C(NCCO)NCOc1ccc(Cl)cc1Cl. The Balaban J connectivity index is 2.33. The molecule has 0 heterocycles. The number of amides is 2. The molecule has 0 spiro atoms. The summed E-state index contributed by atoms with van der Waals surface area (Å²) in [6.45, 7) is 0.0451. The maximum absolute atomic E-state index is 11.1. The third kappa shape index (κ3) is 5.12. The third-order valence-electron chi connectivity index (χ3n) is 1.75. The van der Waals surface area contributed by atoms with Gasteiger partial charge in [0.1, 0.15) is 5.75 Å². The molecule has 5 nitrogen and oxygen atoms in total. The van der Waals surface area contributed by atoms with Crippen LogP contribution in [-0.2, 0) is 0 Å². The molecule has 1 aromatic carbocycles. The van der Waals surface area contributed by atoms with Gasteiger partial charge in [-0.25, -0.2) is 4.79 Å². The first kappa shape index (κ1) is 13.9. The van der Waals surface area contributed by atoms with E-state index in [2.05, 4.69) is 10.6 Å². The van der Waals surface area contributed by atoms with E-state index in [1.54, 1.807) is 18.2 Å². The largest absolute Gasteiger partial charge is 0.472 e. The van der Waals surface area contributed by atoms with E-state index in [4.69, 9.17) is 33.0 Å². The molecule has 0 radical (unpaired) electrons. The van der Waals surface area contributed by atoms with E-state index in [-0.39, 0.29) is 19.9 Å². The highest BCUT2D eigenvalue weighted by Gasteiger charge is 2.03. The average molecular weight is 279 g/mol. The standard InChI is InChI=1S/C10H12Cl2N2O3/c11-7-1-2-9(8(12)5-7)17-6-14-10(16)13-3-4-15/h1-2,5,15H,3-4,6H2,(H2,13,14,16). The summed E-state index contributed by atoms with van der Waals surface area (Å²) in [5, 5.41) is 14.2. The Kier molecular flexibility index (Phi) is 5.90. The van der Waals surface area contributed by atoms with Crippen LogP contribution >= 0.6 is 23.2 Å². The van der Waals surface area contributed by atoms with Crippen LogP contribution in [0, 0.1) is 0 Å². The Morgan fingerprint density at radius 1 is 1.35 bits per heavy atom. The van der Waals surface area contributed by atoms with E-state index in [0.717, 1.165) is 0 Å². The van der Waals surface area contributed by atoms with E-state index in [0.29, 0.717) is 15.8 Å². The van der Waals surface area contributed by atoms with Crippen LogP contribution in [0.3, 0.4) is 0 Å². The first-order valence-electron chi connectivity index (χ1n) is 4.84. The topological polar surface area (TPSA) is 70.6 Å². The molecule has 0 saturated carbocycles. The van der Waals surface area contributed by atoms with Gasteiger partial charge >= 0.3 is 6.03 Å². The molecule has 94 valence electrons. The minimum Gasteiger partial charge on any atom is -0.472 e. The van der Waals surface area contributed by atoms with Crippen LogP contribution in [-0.4, -0.2) is 31.0 Å². The van der Waals surface area contributed by atoms with Gasteiger partial charge in [0.15, 0.2) is 6.73 Å². The van der Waals surface area contributed by atoms with Crippen molar-refractivity contribution in [2.24, 2.45) is 0 Å². The van der Waals surface area contributed by atoms with E-state index in [1.165, 1.54) is 0 Å². The summed E-state index contributed by atoms with van der Waals surface area (Å²) in [7, 11) is 0. The minimum atomic E-state index is -0.427. The van der Waals surface area contributed by atoms with Gasteiger partial charge in [-0.05, 0) is 18.2 Å². The van der Waals surface area contributed by atoms with Crippen molar-refractivity contribution in [2.75, 3.05) is 19.9 Å². The van der Waals surface area contributed by atoms with E-state index >= 15 is 0 Å². The molecule has 0 unspecified atom stereocenters. The Bertz CT molecular complexity index is 388. The normalized spacial score (nSPS) is 9.82. The van der Waals surface area contributed by atoms with Gasteiger partial charge in [-0.2, -0.15) is 0 Å². The molecule has 1 rings (SSSR count). The van der Waals surface area contributed by atoms with Crippen molar-refractivity contribution >= 4 is 29.2 Å². The maximum Gasteiger partial charge on any atom is 0.317 e. The number of urea groups is 1. The third-order valence-corrected chi connectivity index (χ3v) is 2.28. The second-order valence-corrected chi connectivity index (χ2v) is 3.86. The number of nitrogens with one attached hydrogen (secondary N) is 2. The predicted octanol–water partition coefficient (Wildman–Crippen LogP) is 1.62. The molecule has 3 N–H and O–H groups in total. The summed E-state index contributed by atoms with van der Waals surface area (Å²) in [6, 6.07) is 4.36. The quantitative estimate of drug-likeness (QED) is 0.717. The fourth-order valence-corrected chi connectivity index (χ4v) is 1.47. The molecule has 1 aromatic rings. The van der Waals surface area contributed by atoms with Crippen molar-refractivity contribution < 1.29 is 14.6 Å². The second kappa shape index (κ2) is 7.21. The fourth-order valence-electron chi connectivity index (χ4n) is 1.00. The van der Waals surface area contributed by atoms with Crippen molar-refractivity contribution in [1.82, 2.24) is 10.6 Å². The summed E-state index contributed by atoms with van der Waals surface area (Å²) in [6.07, 6.45) is 0. The average Bonchev–Trinajstić information content (AvgIpc) is 2.29. The van der Waals surface area contributed by atoms with Crippen LogP contribution in [0.4, 0.5) is 4.79 Å². The van der Waals surface area contributed by atoms with Crippen molar-refractivity contribution in [2.45, 2.75) is 0 Å². The number of carbonyl (C=O) groups excluding carboxylic acids is 1. The molecule has 0 aliphatic carbocycles. The zero-order valence-corrected chi connectivity index (χ0v) is 10.4. The van der Waals surface area contributed by atoms with Crippen LogP contribution in [0.15, 0.2) is 18.2 Å². The monoisotopic (exact) mass is 278 g/mol. The number of hydrogen-bond donors (Lipinski definition) is 3. The molecular weight excluding hydrogens is 267 g/mol. The zero-order valence-electron chi connectivity index (χ0n) is 8.87. The lowest BCUT2D eigenvalue weighted by Crippen LogP contribution is -2.38. The summed E-state index contributed by atoms with van der Waals surface area (Å²) < 4.78 is 5.22. The number of aliphatic hydroxyl groups excluding tert-OH is 1. The van der Waals surface area contributed by atoms with Crippen molar-refractivity contribution in [3.05, 3.63) is 28.2 Å². The van der Waals surface area contributed by atoms with Gasteiger partial charge in [-0.3, -0.25) is 0 Å². The Morgan fingerprint density at radius 3 is 2.76 bits per heavy atom. The Hall–Kier alpha value is -1.17. The number of halogens is 2. The molecule has 0 aliphatic heterocycles. The lowest BCUT2D eigenvalue weighted by molar-refractivity contribution is 0.219. The number of carbonyl (C=O) groups is 1. The van der Waals surface area contributed by atoms with Gasteiger partial charge in [0.2, 0.25) is 0 Å². The smallest absolute Gasteiger partial charge is 0.317 e. The summed E-state index contributed by atoms with van der Waals surface area (Å²) in [5.41, 5.74) is 0. The van der Waals surface area contributed by atoms with Crippen LogP contribution in [0.25, 0.3) is 0 Å². The molecule has 0 fully saturated rings. The lowest BCUT2D eigenvalue weighted by Gasteiger charge is -2.09. The van der Waals surface area contributed by atoms with Crippen molar-refractivity contribution in [1.29, 1.82) is 0 Å². The molecule has 0 bridgehead atoms. The Labute approximate surface area is 109 Å². The molecule has 0 atom stereocenters. The van der Waals surface area contributed by atoms with Crippen LogP contribution in [0.2, 0.25) is 10.0 Å². The number of ether oxygens (including phenoxy) is 1. The first-order valence-corrected chi connectivity index (χ1v) is 5.59. The summed E-state index contributed by atoms with van der Waals surface area (Å²) in [4.78, 5) is 11.1. The van der Waals surface area contributed by atoms with Crippen LogP contribution < -0.4 is 15.4 Å². The summed E-state index contributed by atoms with van der Waals surface area (Å²) >= 11 is 11.6. The number of aliphatic hydroxyl groups is 1. The molecule has 0 saturated heterocycles. The number of rotatable bonds is 5. The molecule has 0 aliphatic rings. The first-order chi connectivity index (χ1) is 8.13. The predicted molar refractivity (Wildman–Crippen MR) is 65.6 cm³/mol. The van der Waals surface area contributed by atoms with E-state index in [9.17, 15) is 4.79 Å². The van der Waals surface area contributed by atoms with Gasteiger partial charge in [-0.1, -0.05) is 23.2 Å². The molecule has 7 heteroatoms. The highest BCUT2D eigenvalue weighted by molar-refractivity contribution is 6.35. The number of hydrogen-bond acceptors (Lipinski definition) is 3. The highest BCUT2D eigenvalue weighted by Crippen LogP contribution is 2.27. The van der Waals surface area contributed by atoms with Crippen molar-refractivity contribution in [3.8, 4) is 5.75 Å². The van der Waals surface area contributed by atoms with Crippen molar-refractivity contribution in [3.63, 3.8) is 0 Å². The van der Waals surface area contributed by atoms with E-state index in [1.807, 2.05) is 0 Å². The maximum atomic E-state index is 11.1. The molecule has 2 amide bonds. The lowest BCUT2D eigenvalue weighted by atomic mass is 10.3. The van der Waals surface area contributed by atoms with E-state index < -0.39 is 6.03 Å². The molecular formula is C10H12Cl2N2O3. The van der Waals surface area contributed by atoms with Gasteiger partial charge in [-0.15, -0.1) is 0 Å². The van der Waals surface area contributed by atoms with Gasteiger partial charge in [0, 0.05) is 11.6 Å². The molecule has 0 aromatic heterocycles. The van der Waals surface area contributed by atoms with Gasteiger partial charge < -0.3 is 20.5 Å². The number of benzene rings is 1. The van der Waals surface area contributed by atoms with Gasteiger partial charge in [0.25, 0.3) is 0 Å². The van der Waals surface area contributed by atoms with Crippen LogP contribution in [0.1, 0.15) is 0 Å².